The van der Waals surface area contributed by atoms with Crippen molar-refractivity contribution >= 4 is 0 Å². The quantitative estimate of drug-likeness (QED) is 0.602. The van der Waals surface area contributed by atoms with Gasteiger partial charge in [-0.2, -0.15) is 0 Å². The van der Waals surface area contributed by atoms with E-state index in [1.807, 2.05) is 0 Å². The van der Waals surface area contributed by atoms with Gasteiger partial charge in [-0.15, -0.1) is 0 Å². The van der Waals surface area contributed by atoms with E-state index in [9.17, 15) is 0 Å². The molecule has 0 saturated carbocycles. The van der Waals surface area contributed by atoms with Gasteiger partial charge < -0.3 is 10.1 Å². The van der Waals surface area contributed by atoms with Crippen molar-refractivity contribution in [2.24, 2.45) is 0 Å². The summed E-state index contributed by atoms with van der Waals surface area (Å²) in [7, 11) is 0. The zero-order chi connectivity index (χ0) is 8.60. The van der Waals surface area contributed by atoms with E-state index in [1.165, 1.54) is 0 Å². The number of hydrogen-bond acceptors (Lipinski definition) is 3. The van der Waals surface area contributed by atoms with Crippen LogP contribution in [-0.4, -0.2) is 49.3 Å². The van der Waals surface area contributed by atoms with Crippen LogP contribution in [0.15, 0.2) is 0 Å². The van der Waals surface area contributed by atoms with Crippen molar-refractivity contribution in [2.45, 2.75) is 25.4 Å². The molecular formula is C9H18N2O. The summed E-state index contributed by atoms with van der Waals surface area (Å²) in [5.74, 6) is 0. The number of morpholine rings is 1. The predicted molar refractivity (Wildman–Crippen MR) is 48.3 cm³/mol. The van der Waals surface area contributed by atoms with Gasteiger partial charge in [0.05, 0.1) is 18.8 Å². The fourth-order valence-electron chi connectivity index (χ4n) is 2.01. The van der Waals surface area contributed by atoms with E-state index in [0.717, 1.165) is 32.8 Å². The van der Waals surface area contributed by atoms with Gasteiger partial charge in [-0.1, -0.05) is 0 Å². The zero-order valence-electron chi connectivity index (χ0n) is 7.97. The Balaban J connectivity index is 1.84. The molecule has 2 fully saturated rings. The second-order valence-corrected chi connectivity index (χ2v) is 4.26. The van der Waals surface area contributed by atoms with Gasteiger partial charge in [0, 0.05) is 25.7 Å². The second kappa shape index (κ2) is 2.98. The van der Waals surface area contributed by atoms with Gasteiger partial charge in [-0.05, 0) is 13.8 Å². The average Bonchev–Trinajstić information content (AvgIpc) is 2.01. The molecule has 1 N–H and O–H groups in total. The highest BCUT2D eigenvalue weighted by Gasteiger charge is 2.44. The number of rotatable bonds is 1. The van der Waals surface area contributed by atoms with E-state index >= 15 is 0 Å². The van der Waals surface area contributed by atoms with E-state index in [1.54, 1.807) is 0 Å². The molecule has 2 heterocycles. The number of hydrogen-bond donors (Lipinski definition) is 1. The summed E-state index contributed by atoms with van der Waals surface area (Å²) in [5.41, 5.74) is 0.308. The lowest BCUT2D eigenvalue weighted by atomic mass is 9.88. The zero-order valence-corrected chi connectivity index (χ0v) is 7.97. The molecule has 3 heteroatoms. The third-order valence-electron chi connectivity index (χ3n) is 2.87. The lowest BCUT2D eigenvalue weighted by molar-refractivity contribution is -0.0691. The van der Waals surface area contributed by atoms with Crippen molar-refractivity contribution in [3.63, 3.8) is 0 Å². The number of likely N-dealkylation sites (tertiary alicyclic amines) is 1. The van der Waals surface area contributed by atoms with Crippen LogP contribution in [0.25, 0.3) is 0 Å². The summed E-state index contributed by atoms with van der Waals surface area (Å²) in [4.78, 5) is 2.47. The molecule has 0 unspecified atom stereocenters. The molecule has 0 atom stereocenters. The molecule has 0 aromatic carbocycles. The van der Waals surface area contributed by atoms with Crippen LogP contribution >= 0.6 is 0 Å². The summed E-state index contributed by atoms with van der Waals surface area (Å²) < 4.78 is 5.47. The molecule has 0 bridgehead atoms. The molecule has 2 aliphatic rings. The van der Waals surface area contributed by atoms with Gasteiger partial charge in [0.1, 0.15) is 0 Å². The lowest BCUT2D eigenvalue weighted by Gasteiger charge is -2.54. The van der Waals surface area contributed by atoms with Crippen molar-refractivity contribution in [2.75, 3.05) is 32.8 Å². The highest BCUT2D eigenvalue weighted by atomic mass is 16.5. The molecule has 0 aromatic heterocycles. The molecule has 0 amide bonds. The maximum atomic E-state index is 5.47. The van der Waals surface area contributed by atoms with Crippen LogP contribution < -0.4 is 5.32 Å². The molecule has 3 nitrogen and oxygen atoms in total. The molecule has 1 spiro atoms. The SMILES string of the molecule is CC(C)N1CC2(COCCN2)C1. The Morgan fingerprint density at radius 1 is 1.42 bits per heavy atom. The Labute approximate surface area is 74.1 Å². The largest absolute Gasteiger partial charge is 0.378 e. The average molecular weight is 170 g/mol. The molecule has 2 saturated heterocycles. The molecule has 0 radical (unpaired) electrons. The van der Waals surface area contributed by atoms with Gasteiger partial charge in [0.2, 0.25) is 0 Å². The van der Waals surface area contributed by atoms with Crippen LogP contribution in [0.4, 0.5) is 0 Å². The van der Waals surface area contributed by atoms with Gasteiger partial charge in [-0.3, -0.25) is 4.90 Å². The first-order chi connectivity index (χ1) is 5.72. The smallest absolute Gasteiger partial charge is 0.0675 e. The maximum Gasteiger partial charge on any atom is 0.0675 e. The standard InChI is InChI=1S/C9H18N2O/c1-8(2)11-5-9(6-11)7-12-4-3-10-9/h8,10H,3-7H2,1-2H3. The Kier molecular flexibility index (Phi) is 2.10. The molecule has 12 heavy (non-hydrogen) atoms. The molecule has 0 aliphatic carbocycles. The van der Waals surface area contributed by atoms with Crippen LogP contribution in [0.5, 0.6) is 0 Å². The highest BCUT2D eigenvalue weighted by molar-refractivity contribution is 5.04. The molecule has 0 aromatic rings. The number of ether oxygens (including phenoxy) is 1. The van der Waals surface area contributed by atoms with Gasteiger partial charge in [0.15, 0.2) is 0 Å². The molecule has 2 rings (SSSR count). The number of nitrogens with one attached hydrogen (secondary N) is 1. The van der Waals surface area contributed by atoms with E-state index in [-0.39, 0.29) is 0 Å². The number of nitrogens with zero attached hydrogens (tertiary/aromatic N) is 1. The summed E-state index contributed by atoms with van der Waals surface area (Å²) >= 11 is 0. The highest BCUT2D eigenvalue weighted by Crippen LogP contribution is 2.24. The monoisotopic (exact) mass is 170 g/mol. The van der Waals surface area contributed by atoms with Crippen LogP contribution in [0.2, 0.25) is 0 Å². The van der Waals surface area contributed by atoms with Gasteiger partial charge in [0.25, 0.3) is 0 Å². The molecule has 70 valence electrons. The first-order valence-corrected chi connectivity index (χ1v) is 4.79. The molecule has 2 aliphatic heterocycles. The summed E-state index contributed by atoms with van der Waals surface area (Å²) in [6, 6.07) is 0.680. The first-order valence-electron chi connectivity index (χ1n) is 4.79. The Morgan fingerprint density at radius 3 is 2.67 bits per heavy atom. The second-order valence-electron chi connectivity index (χ2n) is 4.26. The Hall–Kier alpha value is -0.120. The fourth-order valence-corrected chi connectivity index (χ4v) is 2.01. The normalized spacial score (nSPS) is 29.2. The first kappa shape index (κ1) is 8.48. The van der Waals surface area contributed by atoms with Crippen LogP contribution in [0.3, 0.4) is 0 Å². The lowest BCUT2D eigenvalue weighted by Crippen LogP contribution is -2.74. The van der Waals surface area contributed by atoms with Gasteiger partial charge >= 0.3 is 0 Å². The third-order valence-corrected chi connectivity index (χ3v) is 2.87. The van der Waals surface area contributed by atoms with Crippen molar-refractivity contribution in [3.8, 4) is 0 Å². The minimum absolute atomic E-state index is 0.308. The van der Waals surface area contributed by atoms with Crippen molar-refractivity contribution in [1.82, 2.24) is 10.2 Å². The van der Waals surface area contributed by atoms with Crippen LogP contribution in [0, 0.1) is 0 Å². The Bertz CT molecular complexity index is 156. The van der Waals surface area contributed by atoms with Crippen molar-refractivity contribution in [1.29, 1.82) is 0 Å². The van der Waals surface area contributed by atoms with Gasteiger partial charge in [-0.25, -0.2) is 0 Å². The van der Waals surface area contributed by atoms with Crippen molar-refractivity contribution < 1.29 is 4.74 Å². The topological polar surface area (TPSA) is 24.5 Å². The fraction of sp³-hybridized carbons (Fsp3) is 1.00. The maximum absolute atomic E-state index is 5.47. The van der Waals surface area contributed by atoms with E-state index in [0.29, 0.717) is 11.6 Å². The minimum atomic E-state index is 0.308. The van der Waals surface area contributed by atoms with E-state index in [4.69, 9.17) is 4.74 Å². The Morgan fingerprint density at radius 2 is 2.17 bits per heavy atom. The molecular weight excluding hydrogens is 152 g/mol. The summed E-state index contributed by atoms with van der Waals surface area (Å²) in [6.07, 6.45) is 0. The van der Waals surface area contributed by atoms with E-state index in [2.05, 4.69) is 24.1 Å². The summed E-state index contributed by atoms with van der Waals surface area (Å²) in [5, 5.41) is 3.55. The predicted octanol–water partition coefficient (Wildman–Crippen LogP) is 0.0690. The van der Waals surface area contributed by atoms with Crippen molar-refractivity contribution in [3.05, 3.63) is 0 Å². The van der Waals surface area contributed by atoms with Crippen LogP contribution in [0.1, 0.15) is 13.8 Å². The van der Waals surface area contributed by atoms with E-state index < -0.39 is 0 Å². The van der Waals surface area contributed by atoms with Crippen LogP contribution in [-0.2, 0) is 4.74 Å². The summed E-state index contributed by atoms with van der Waals surface area (Å²) in [6.45, 7) is 9.61. The minimum Gasteiger partial charge on any atom is -0.378 e. The third kappa shape index (κ3) is 1.37.